The maximum Gasteiger partial charge on any atom is 0.244 e. The molecule has 8 heteroatoms. The second-order valence-corrected chi connectivity index (χ2v) is 14.6. The van der Waals surface area contributed by atoms with Gasteiger partial charge in [-0.15, -0.1) is 0 Å². The molecule has 4 saturated carbocycles. The summed E-state index contributed by atoms with van der Waals surface area (Å²) in [6.45, 7) is 4.24. The molecular weight excluding hydrogens is 534 g/mol. The predicted octanol–water partition coefficient (Wildman–Crippen LogP) is 5.25. The van der Waals surface area contributed by atoms with Gasteiger partial charge in [-0.25, -0.2) is 8.42 Å². The number of hydrogen-bond donors (Lipinski definition) is 1. The van der Waals surface area contributed by atoms with Crippen LogP contribution in [0, 0.1) is 17.8 Å². The van der Waals surface area contributed by atoms with Gasteiger partial charge in [-0.3, -0.25) is 13.9 Å². The molecule has 0 saturated heterocycles. The molecule has 4 aliphatic carbocycles. The van der Waals surface area contributed by atoms with Crippen molar-refractivity contribution in [2.45, 2.75) is 83.2 Å². The van der Waals surface area contributed by atoms with Gasteiger partial charge in [-0.2, -0.15) is 0 Å². The minimum atomic E-state index is -3.76. The molecule has 4 bridgehead atoms. The van der Waals surface area contributed by atoms with Crippen LogP contribution in [-0.2, 0) is 31.6 Å². The zero-order valence-corrected chi connectivity index (χ0v) is 25.5. The number of carbonyl (C=O) groups excluding carboxylic acids is 2. The van der Waals surface area contributed by atoms with Crippen LogP contribution < -0.4 is 9.62 Å². The number of hydrogen-bond acceptors (Lipinski definition) is 4. The number of carbonyl (C=O) groups is 2. The molecule has 0 spiro atoms. The van der Waals surface area contributed by atoms with E-state index in [4.69, 9.17) is 0 Å². The van der Waals surface area contributed by atoms with E-state index in [0.717, 1.165) is 36.0 Å². The lowest BCUT2D eigenvalue weighted by atomic mass is 9.48. The molecule has 41 heavy (non-hydrogen) atoms. The third-order valence-corrected chi connectivity index (χ3v) is 10.8. The van der Waals surface area contributed by atoms with Crippen molar-refractivity contribution in [2.75, 3.05) is 23.7 Å². The molecule has 0 radical (unpaired) electrons. The second kappa shape index (κ2) is 12.2. The Morgan fingerprint density at radius 3 is 2.02 bits per heavy atom. The van der Waals surface area contributed by atoms with E-state index in [9.17, 15) is 18.0 Å². The Hall–Kier alpha value is -2.87. The molecule has 2 amide bonds. The Morgan fingerprint density at radius 2 is 1.51 bits per heavy atom. The fourth-order valence-electron chi connectivity index (χ4n) is 8.12. The van der Waals surface area contributed by atoms with Crippen molar-refractivity contribution in [2.24, 2.45) is 17.8 Å². The highest BCUT2D eigenvalue weighted by Crippen LogP contribution is 2.60. The van der Waals surface area contributed by atoms with E-state index in [-0.39, 0.29) is 24.4 Å². The first-order valence-corrected chi connectivity index (χ1v) is 17.2. The molecule has 0 unspecified atom stereocenters. The number of benzene rings is 2. The monoisotopic (exact) mass is 579 g/mol. The van der Waals surface area contributed by atoms with E-state index >= 15 is 0 Å². The summed E-state index contributed by atoms with van der Waals surface area (Å²) in [5, 5.41) is 2.92. The van der Waals surface area contributed by atoms with Crippen molar-refractivity contribution in [3.05, 3.63) is 65.7 Å². The Labute approximate surface area is 245 Å². The standard InChI is InChI=1S/C33H45N3O4S/c1-4-15-34-32(38)30(5-2)35(22-24-9-7-6-8-10-24)31(37)23-36(41(3,39)40)29-13-11-28(12-14-29)33-19-25-16-26(20-33)18-27(17-25)21-33/h6-14,25-27,30H,4-5,15-23H2,1-3H3,(H,34,38)/t25?,26?,27?,30-,33?/m1/s1. The summed E-state index contributed by atoms with van der Waals surface area (Å²) in [6, 6.07) is 16.7. The van der Waals surface area contributed by atoms with Gasteiger partial charge in [0.2, 0.25) is 21.8 Å². The van der Waals surface area contributed by atoms with E-state index in [1.807, 2.05) is 56.3 Å². The zero-order valence-electron chi connectivity index (χ0n) is 24.7. The van der Waals surface area contributed by atoms with Crippen LogP contribution in [0.5, 0.6) is 0 Å². The number of amides is 2. The summed E-state index contributed by atoms with van der Waals surface area (Å²) < 4.78 is 27.3. The fraction of sp³-hybridized carbons (Fsp3) is 0.576. The zero-order chi connectivity index (χ0) is 29.2. The number of sulfonamides is 1. The Kier molecular flexibility index (Phi) is 8.78. The molecule has 2 aromatic carbocycles. The normalized spacial score (nSPS) is 25.5. The van der Waals surface area contributed by atoms with Crippen molar-refractivity contribution >= 4 is 27.5 Å². The summed E-state index contributed by atoms with van der Waals surface area (Å²) in [4.78, 5) is 28.5. The minimum Gasteiger partial charge on any atom is -0.354 e. The van der Waals surface area contributed by atoms with Crippen molar-refractivity contribution < 1.29 is 18.0 Å². The Bertz CT molecular complexity index is 1290. The molecule has 0 aliphatic heterocycles. The average Bonchev–Trinajstić information content (AvgIpc) is 2.94. The smallest absolute Gasteiger partial charge is 0.244 e. The second-order valence-electron chi connectivity index (χ2n) is 12.7. The van der Waals surface area contributed by atoms with Crippen molar-refractivity contribution in [1.82, 2.24) is 10.2 Å². The summed E-state index contributed by atoms with van der Waals surface area (Å²) in [5.74, 6) is 1.85. The largest absolute Gasteiger partial charge is 0.354 e. The topological polar surface area (TPSA) is 86.8 Å². The van der Waals surface area contributed by atoms with Gasteiger partial charge in [0, 0.05) is 13.1 Å². The Balaban J connectivity index is 1.39. The van der Waals surface area contributed by atoms with Gasteiger partial charge in [0.05, 0.1) is 11.9 Å². The van der Waals surface area contributed by atoms with Crippen LogP contribution in [0.1, 0.15) is 76.3 Å². The lowest BCUT2D eigenvalue weighted by Gasteiger charge is -2.57. The molecule has 7 nitrogen and oxygen atoms in total. The first kappa shape index (κ1) is 29.6. The van der Waals surface area contributed by atoms with Crippen molar-refractivity contribution in [3.63, 3.8) is 0 Å². The lowest BCUT2D eigenvalue weighted by Crippen LogP contribution is -2.52. The predicted molar refractivity (Wildman–Crippen MR) is 163 cm³/mol. The molecule has 2 aromatic rings. The molecular formula is C33H45N3O4S. The van der Waals surface area contributed by atoms with Gasteiger partial charge in [-0.05, 0) is 97.8 Å². The lowest BCUT2D eigenvalue weighted by molar-refractivity contribution is -0.140. The van der Waals surface area contributed by atoms with Crippen LogP contribution in [0.25, 0.3) is 0 Å². The molecule has 4 aliphatic rings. The van der Waals surface area contributed by atoms with Gasteiger partial charge in [0.25, 0.3) is 0 Å². The molecule has 222 valence electrons. The molecule has 6 rings (SSSR count). The van der Waals surface area contributed by atoms with E-state index < -0.39 is 22.0 Å². The van der Waals surface area contributed by atoms with Crippen LogP contribution in [0.3, 0.4) is 0 Å². The molecule has 0 heterocycles. The van der Waals surface area contributed by atoms with Gasteiger partial charge >= 0.3 is 0 Å². The summed E-state index contributed by atoms with van der Waals surface area (Å²) in [5.41, 5.74) is 2.89. The van der Waals surface area contributed by atoms with Crippen molar-refractivity contribution in [1.29, 1.82) is 0 Å². The fourth-order valence-corrected chi connectivity index (χ4v) is 8.97. The van der Waals surface area contributed by atoms with Crippen LogP contribution in [-0.4, -0.2) is 50.5 Å². The SMILES string of the molecule is CCCNC(=O)[C@@H](CC)N(Cc1ccccc1)C(=O)CN(c1ccc(C23CC4CC(CC(C4)C2)C3)cc1)S(C)(=O)=O. The van der Waals surface area contributed by atoms with Gasteiger partial charge < -0.3 is 10.2 Å². The number of anilines is 1. The third-order valence-electron chi connectivity index (χ3n) is 9.62. The average molecular weight is 580 g/mol. The first-order chi connectivity index (χ1) is 19.6. The van der Waals surface area contributed by atoms with Gasteiger partial charge in [0.15, 0.2) is 0 Å². The van der Waals surface area contributed by atoms with Crippen LogP contribution >= 0.6 is 0 Å². The highest BCUT2D eigenvalue weighted by atomic mass is 32.2. The highest BCUT2D eigenvalue weighted by molar-refractivity contribution is 7.92. The summed E-state index contributed by atoms with van der Waals surface area (Å²) in [6.07, 6.45) is 10.2. The molecule has 4 fully saturated rings. The van der Waals surface area contributed by atoms with Crippen LogP contribution in [0.4, 0.5) is 5.69 Å². The number of nitrogens with zero attached hydrogens (tertiary/aromatic N) is 2. The van der Waals surface area contributed by atoms with Crippen LogP contribution in [0.15, 0.2) is 54.6 Å². The summed E-state index contributed by atoms with van der Waals surface area (Å²) in [7, 11) is -3.76. The van der Waals surface area contributed by atoms with Gasteiger partial charge in [0.1, 0.15) is 12.6 Å². The quantitative estimate of drug-likeness (QED) is 0.372. The van der Waals surface area contributed by atoms with Crippen molar-refractivity contribution in [3.8, 4) is 0 Å². The molecule has 1 N–H and O–H groups in total. The van der Waals surface area contributed by atoms with E-state index in [1.54, 1.807) is 0 Å². The maximum atomic E-state index is 13.9. The Morgan fingerprint density at radius 1 is 0.927 bits per heavy atom. The highest BCUT2D eigenvalue weighted by Gasteiger charge is 2.51. The number of nitrogens with one attached hydrogen (secondary N) is 1. The molecule has 1 atom stereocenters. The van der Waals surface area contributed by atoms with E-state index in [2.05, 4.69) is 17.4 Å². The maximum absolute atomic E-state index is 13.9. The van der Waals surface area contributed by atoms with E-state index in [0.29, 0.717) is 18.7 Å². The van der Waals surface area contributed by atoms with Gasteiger partial charge in [-0.1, -0.05) is 56.3 Å². The first-order valence-electron chi connectivity index (χ1n) is 15.3. The van der Waals surface area contributed by atoms with E-state index in [1.165, 1.54) is 53.3 Å². The minimum absolute atomic E-state index is 0.214. The number of rotatable bonds is 12. The summed E-state index contributed by atoms with van der Waals surface area (Å²) >= 11 is 0. The van der Waals surface area contributed by atoms with Crippen LogP contribution in [0.2, 0.25) is 0 Å². The third kappa shape index (κ3) is 6.47. The molecule has 0 aromatic heterocycles.